The van der Waals surface area contributed by atoms with Gasteiger partial charge in [-0.2, -0.15) is 18.2 Å². The third-order valence-electron chi connectivity index (χ3n) is 2.35. The molecule has 0 aliphatic rings. The maximum atomic E-state index is 13.0. The summed E-state index contributed by atoms with van der Waals surface area (Å²) in [5.74, 6) is -1.05. The number of halogens is 4. The quantitative estimate of drug-likeness (QED) is 0.871. The summed E-state index contributed by atoms with van der Waals surface area (Å²) in [6.07, 6.45) is -4.63. The van der Waals surface area contributed by atoms with Gasteiger partial charge < -0.3 is 10.1 Å². The van der Waals surface area contributed by atoms with Crippen LogP contribution in [0.1, 0.15) is 12.6 Å². The number of ether oxygens (including phenoxy) is 1. The van der Waals surface area contributed by atoms with Crippen molar-refractivity contribution in [2.24, 2.45) is 0 Å². The van der Waals surface area contributed by atoms with Gasteiger partial charge in [0, 0.05) is 18.7 Å². The molecular formula is C13H11F4N3O. The third kappa shape index (κ3) is 4.04. The Bertz CT molecular complexity index is 631. The fourth-order valence-electron chi connectivity index (χ4n) is 1.51. The molecule has 0 amide bonds. The van der Waals surface area contributed by atoms with Crippen molar-refractivity contribution in [3.05, 3.63) is 41.8 Å². The molecular weight excluding hydrogens is 290 g/mol. The van der Waals surface area contributed by atoms with Gasteiger partial charge in [-0.1, -0.05) is 6.07 Å². The lowest BCUT2D eigenvalue weighted by atomic mass is 10.3. The molecule has 0 spiro atoms. The standard InChI is InChI=1S/C13H11F4N3O/c1-2-18-12-19-10(13(15,16)17)7-11(20-12)21-9-5-3-4-8(14)6-9/h3-7H,2H2,1H3,(H,18,19,20). The van der Waals surface area contributed by atoms with E-state index >= 15 is 0 Å². The molecule has 112 valence electrons. The van der Waals surface area contributed by atoms with E-state index in [1.54, 1.807) is 6.92 Å². The van der Waals surface area contributed by atoms with Crippen LogP contribution in [0.5, 0.6) is 11.6 Å². The summed E-state index contributed by atoms with van der Waals surface area (Å²) in [5.41, 5.74) is -1.14. The number of rotatable bonds is 4. The molecule has 0 aliphatic carbocycles. The van der Waals surface area contributed by atoms with E-state index < -0.39 is 17.7 Å². The smallest absolute Gasteiger partial charge is 0.433 e. The molecule has 21 heavy (non-hydrogen) atoms. The SMILES string of the molecule is CCNc1nc(Oc2cccc(F)c2)cc(C(F)(F)F)n1. The highest BCUT2D eigenvalue weighted by atomic mass is 19.4. The van der Waals surface area contributed by atoms with Crippen LogP contribution in [0.3, 0.4) is 0 Å². The molecule has 0 unspecified atom stereocenters. The van der Waals surface area contributed by atoms with E-state index in [9.17, 15) is 17.6 Å². The van der Waals surface area contributed by atoms with Gasteiger partial charge in [-0.05, 0) is 19.1 Å². The molecule has 0 saturated carbocycles. The van der Waals surface area contributed by atoms with Gasteiger partial charge in [0.1, 0.15) is 11.6 Å². The van der Waals surface area contributed by atoms with Gasteiger partial charge in [-0.3, -0.25) is 0 Å². The molecule has 8 heteroatoms. The Morgan fingerprint density at radius 3 is 2.57 bits per heavy atom. The van der Waals surface area contributed by atoms with Gasteiger partial charge in [0.15, 0.2) is 5.69 Å². The van der Waals surface area contributed by atoms with Crippen LogP contribution in [-0.4, -0.2) is 16.5 Å². The summed E-state index contributed by atoms with van der Waals surface area (Å²) in [7, 11) is 0. The number of aromatic nitrogens is 2. The van der Waals surface area contributed by atoms with Crippen molar-refractivity contribution >= 4 is 5.95 Å². The lowest BCUT2D eigenvalue weighted by molar-refractivity contribution is -0.141. The number of nitrogens with zero attached hydrogens (tertiary/aromatic N) is 2. The van der Waals surface area contributed by atoms with Crippen molar-refractivity contribution in [1.82, 2.24) is 9.97 Å². The number of hydrogen-bond donors (Lipinski definition) is 1. The Morgan fingerprint density at radius 1 is 1.19 bits per heavy atom. The van der Waals surface area contributed by atoms with E-state index in [0.29, 0.717) is 12.6 Å². The van der Waals surface area contributed by atoms with Gasteiger partial charge in [0.2, 0.25) is 11.8 Å². The number of alkyl halides is 3. The minimum atomic E-state index is -4.63. The topological polar surface area (TPSA) is 47.0 Å². The van der Waals surface area contributed by atoms with E-state index in [0.717, 1.165) is 6.07 Å². The van der Waals surface area contributed by atoms with Gasteiger partial charge in [0.05, 0.1) is 0 Å². The van der Waals surface area contributed by atoms with E-state index in [4.69, 9.17) is 4.74 Å². The van der Waals surface area contributed by atoms with E-state index in [-0.39, 0.29) is 17.6 Å². The van der Waals surface area contributed by atoms with Gasteiger partial charge in [-0.25, -0.2) is 9.37 Å². The Balaban J connectivity index is 2.35. The van der Waals surface area contributed by atoms with Crippen LogP contribution in [0, 0.1) is 5.82 Å². The normalized spacial score (nSPS) is 11.3. The monoisotopic (exact) mass is 301 g/mol. The molecule has 0 fully saturated rings. The Kier molecular flexibility index (Phi) is 4.25. The van der Waals surface area contributed by atoms with Crippen molar-refractivity contribution < 1.29 is 22.3 Å². The lowest BCUT2D eigenvalue weighted by Crippen LogP contribution is -2.12. The zero-order chi connectivity index (χ0) is 15.5. The molecule has 2 rings (SSSR count). The second-order valence-corrected chi connectivity index (χ2v) is 4.00. The Morgan fingerprint density at radius 2 is 1.95 bits per heavy atom. The number of anilines is 1. The summed E-state index contributed by atoms with van der Waals surface area (Å²) in [6.45, 7) is 2.04. The molecule has 1 N–H and O–H groups in total. The molecule has 2 aromatic rings. The van der Waals surface area contributed by atoms with Crippen LogP contribution in [0.4, 0.5) is 23.5 Å². The molecule has 0 saturated heterocycles. The summed E-state index contributed by atoms with van der Waals surface area (Å²) in [4.78, 5) is 7.15. The van der Waals surface area contributed by atoms with Gasteiger partial charge in [-0.15, -0.1) is 0 Å². The summed E-state index contributed by atoms with van der Waals surface area (Å²) in [6, 6.07) is 5.68. The first-order chi connectivity index (χ1) is 9.88. The van der Waals surface area contributed by atoms with Crippen LogP contribution >= 0.6 is 0 Å². The third-order valence-corrected chi connectivity index (χ3v) is 2.35. The van der Waals surface area contributed by atoms with Gasteiger partial charge in [0.25, 0.3) is 0 Å². The highest BCUT2D eigenvalue weighted by Crippen LogP contribution is 2.31. The predicted molar refractivity (Wildman–Crippen MR) is 67.7 cm³/mol. The molecule has 0 radical (unpaired) electrons. The summed E-state index contributed by atoms with van der Waals surface area (Å²) in [5, 5.41) is 2.58. The van der Waals surface area contributed by atoms with Gasteiger partial charge >= 0.3 is 6.18 Å². The highest BCUT2D eigenvalue weighted by Gasteiger charge is 2.34. The average molecular weight is 301 g/mol. The number of hydrogen-bond acceptors (Lipinski definition) is 4. The van der Waals surface area contributed by atoms with Crippen molar-refractivity contribution in [3.8, 4) is 11.6 Å². The summed E-state index contributed by atoms with van der Waals surface area (Å²) < 4.78 is 56.5. The fraction of sp³-hybridized carbons (Fsp3) is 0.231. The first kappa shape index (κ1) is 15.0. The highest BCUT2D eigenvalue weighted by molar-refractivity contribution is 5.34. The maximum absolute atomic E-state index is 13.0. The molecule has 1 aromatic carbocycles. The lowest BCUT2D eigenvalue weighted by Gasteiger charge is -2.11. The number of benzene rings is 1. The molecule has 0 aliphatic heterocycles. The maximum Gasteiger partial charge on any atom is 0.433 e. The number of nitrogens with one attached hydrogen (secondary N) is 1. The van der Waals surface area contributed by atoms with E-state index in [1.165, 1.54) is 18.2 Å². The second-order valence-electron chi connectivity index (χ2n) is 4.00. The van der Waals surface area contributed by atoms with E-state index in [2.05, 4.69) is 15.3 Å². The first-order valence-electron chi connectivity index (χ1n) is 6.02. The van der Waals surface area contributed by atoms with Crippen molar-refractivity contribution in [2.75, 3.05) is 11.9 Å². The zero-order valence-electron chi connectivity index (χ0n) is 10.9. The van der Waals surface area contributed by atoms with Crippen LogP contribution in [0.2, 0.25) is 0 Å². The van der Waals surface area contributed by atoms with Crippen molar-refractivity contribution in [3.63, 3.8) is 0 Å². The summed E-state index contributed by atoms with van der Waals surface area (Å²) >= 11 is 0. The van der Waals surface area contributed by atoms with Crippen LogP contribution in [0.25, 0.3) is 0 Å². The zero-order valence-corrected chi connectivity index (χ0v) is 10.9. The van der Waals surface area contributed by atoms with Crippen molar-refractivity contribution in [2.45, 2.75) is 13.1 Å². The predicted octanol–water partition coefficient (Wildman–Crippen LogP) is 3.86. The Hall–Kier alpha value is -2.38. The first-order valence-corrected chi connectivity index (χ1v) is 6.02. The van der Waals surface area contributed by atoms with Crippen LogP contribution in [-0.2, 0) is 6.18 Å². The largest absolute Gasteiger partial charge is 0.439 e. The molecule has 4 nitrogen and oxygen atoms in total. The molecule has 1 heterocycles. The average Bonchev–Trinajstić information content (AvgIpc) is 2.37. The van der Waals surface area contributed by atoms with Crippen LogP contribution < -0.4 is 10.1 Å². The van der Waals surface area contributed by atoms with Crippen molar-refractivity contribution in [1.29, 1.82) is 0 Å². The van der Waals surface area contributed by atoms with E-state index in [1.807, 2.05) is 0 Å². The molecule has 0 atom stereocenters. The molecule has 0 bridgehead atoms. The second kappa shape index (κ2) is 5.94. The minimum absolute atomic E-state index is 0.0456. The fourth-order valence-corrected chi connectivity index (χ4v) is 1.51. The Labute approximate surface area is 117 Å². The molecule has 1 aromatic heterocycles. The van der Waals surface area contributed by atoms with Crippen LogP contribution in [0.15, 0.2) is 30.3 Å². The minimum Gasteiger partial charge on any atom is -0.439 e.